The Morgan fingerprint density at radius 3 is 2.33 bits per heavy atom. The zero-order chi connectivity index (χ0) is 29.2. The number of H-pyrrole nitrogens is 1. The van der Waals surface area contributed by atoms with Crippen LogP contribution >= 0.6 is 11.6 Å². The smallest absolute Gasteiger partial charge is 0.273 e. The van der Waals surface area contributed by atoms with Crippen LogP contribution in [0.25, 0.3) is 11.1 Å². The quantitative estimate of drug-likeness (QED) is 0.221. The number of aliphatic imine (C=N–C) groups is 1. The number of hydrogen-bond donors (Lipinski definition) is 4. The molecule has 5 N–H and O–H groups in total. The van der Waals surface area contributed by atoms with Gasteiger partial charge < -0.3 is 21.1 Å². The Morgan fingerprint density at radius 2 is 1.64 bits per heavy atom. The lowest BCUT2D eigenvalue weighted by atomic mass is 9.99. The van der Waals surface area contributed by atoms with Crippen molar-refractivity contribution in [3.63, 3.8) is 0 Å². The number of halogens is 1. The standard InChI is InChI=1S/C32H25ClN6O3/c33-23-12-15-27-25(16-23)28(22-10-13-24(40)14-11-22)36-30(37-31(41)29-26(34)17-35-38-29)32(42)39(27)18-19-6-8-21(9-7-19)20-4-2-1-3-5-20/h1-17,30,40H,18,34H2,(H,35,38)(H,37,41). The molecule has 1 aromatic heterocycles. The highest BCUT2D eigenvalue weighted by Gasteiger charge is 2.34. The molecule has 10 heteroatoms. The van der Waals surface area contributed by atoms with Gasteiger partial charge in [-0.05, 0) is 59.2 Å². The molecule has 208 valence electrons. The van der Waals surface area contributed by atoms with Gasteiger partial charge in [-0.15, -0.1) is 0 Å². The molecule has 1 atom stereocenters. The minimum atomic E-state index is -1.31. The molecule has 2 heterocycles. The summed E-state index contributed by atoms with van der Waals surface area (Å²) in [5.41, 5.74) is 11.3. The van der Waals surface area contributed by atoms with Gasteiger partial charge in [0.2, 0.25) is 6.17 Å². The van der Waals surface area contributed by atoms with Gasteiger partial charge in [0, 0.05) is 16.1 Å². The number of aromatic amines is 1. The second-order valence-corrected chi connectivity index (χ2v) is 10.2. The SMILES string of the molecule is Nc1cn[nH]c1C(=O)NC1N=C(c2ccc(O)cc2)c2cc(Cl)ccc2N(Cc2ccc(-c3ccccc3)cc2)C1=O. The fourth-order valence-corrected chi connectivity index (χ4v) is 5.02. The number of aromatic nitrogens is 2. The van der Waals surface area contributed by atoms with Crippen LogP contribution in [0.4, 0.5) is 11.4 Å². The first kappa shape index (κ1) is 26.8. The molecule has 1 unspecified atom stereocenters. The summed E-state index contributed by atoms with van der Waals surface area (Å²) in [6.45, 7) is 0.208. The molecule has 42 heavy (non-hydrogen) atoms. The number of phenolic OH excluding ortho intramolecular Hbond substituents is 1. The lowest BCUT2D eigenvalue weighted by Gasteiger charge is -2.26. The lowest BCUT2D eigenvalue weighted by Crippen LogP contribution is -2.47. The molecule has 0 radical (unpaired) electrons. The van der Waals surface area contributed by atoms with Crippen molar-refractivity contribution < 1.29 is 14.7 Å². The highest BCUT2D eigenvalue weighted by Crippen LogP contribution is 2.33. The fraction of sp³-hybridized carbons (Fsp3) is 0.0625. The second-order valence-electron chi connectivity index (χ2n) is 9.75. The van der Waals surface area contributed by atoms with Crippen LogP contribution in [0.1, 0.15) is 27.2 Å². The van der Waals surface area contributed by atoms with Crippen LogP contribution in [0.15, 0.2) is 108 Å². The first-order valence-corrected chi connectivity index (χ1v) is 13.5. The van der Waals surface area contributed by atoms with E-state index >= 15 is 0 Å². The second kappa shape index (κ2) is 11.2. The number of rotatable bonds is 6. The molecular formula is C32H25ClN6O3. The number of benzodiazepines with no additional fused rings is 1. The van der Waals surface area contributed by atoms with Crippen LogP contribution < -0.4 is 16.0 Å². The summed E-state index contributed by atoms with van der Waals surface area (Å²) in [4.78, 5) is 33.7. The lowest BCUT2D eigenvalue weighted by molar-refractivity contribution is -0.120. The Kier molecular flexibility index (Phi) is 7.16. The third-order valence-corrected chi connectivity index (χ3v) is 7.20. The molecule has 0 saturated heterocycles. The summed E-state index contributed by atoms with van der Waals surface area (Å²) < 4.78 is 0. The fourth-order valence-electron chi connectivity index (χ4n) is 4.85. The number of carbonyl (C=O) groups is 2. The summed E-state index contributed by atoms with van der Waals surface area (Å²) in [6.07, 6.45) is 0.0110. The van der Waals surface area contributed by atoms with Gasteiger partial charge in [-0.1, -0.05) is 66.2 Å². The Morgan fingerprint density at radius 1 is 0.952 bits per heavy atom. The number of nitrogens with zero attached hydrogens (tertiary/aromatic N) is 3. The van der Waals surface area contributed by atoms with E-state index in [1.165, 1.54) is 18.3 Å². The third-order valence-electron chi connectivity index (χ3n) is 6.97. The predicted molar refractivity (Wildman–Crippen MR) is 163 cm³/mol. The van der Waals surface area contributed by atoms with Crippen LogP contribution in [0.3, 0.4) is 0 Å². The predicted octanol–water partition coefficient (Wildman–Crippen LogP) is 5.16. The van der Waals surface area contributed by atoms with E-state index in [-0.39, 0.29) is 23.7 Å². The largest absolute Gasteiger partial charge is 0.508 e. The van der Waals surface area contributed by atoms with Gasteiger partial charge in [-0.25, -0.2) is 4.99 Å². The normalized spacial score (nSPS) is 14.6. The highest BCUT2D eigenvalue weighted by molar-refractivity contribution is 6.32. The van der Waals surface area contributed by atoms with E-state index in [4.69, 9.17) is 22.3 Å². The molecule has 1 aliphatic rings. The Bertz CT molecular complexity index is 1800. The highest BCUT2D eigenvalue weighted by atomic mass is 35.5. The van der Waals surface area contributed by atoms with E-state index in [1.54, 1.807) is 35.2 Å². The Balaban J connectivity index is 1.43. The molecule has 0 bridgehead atoms. The number of phenols is 1. The average molecular weight is 577 g/mol. The molecule has 1 aliphatic heterocycles. The number of nitrogens with two attached hydrogens (primary N) is 1. The van der Waals surface area contributed by atoms with E-state index in [1.807, 2.05) is 54.6 Å². The van der Waals surface area contributed by atoms with Crippen molar-refractivity contribution in [2.75, 3.05) is 10.6 Å². The van der Waals surface area contributed by atoms with Gasteiger partial charge in [-0.3, -0.25) is 14.7 Å². The van der Waals surface area contributed by atoms with Crippen LogP contribution in [0.2, 0.25) is 5.02 Å². The summed E-state index contributed by atoms with van der Waals surface area (Å²) in [6, 6.07) is 29.6. The van der Waals surface area contributed by atoms with Crippen LogP contribution in [0.5, 0.6) is 5.75 Å². The molecule has 0 spiro atoms. The van der Waals surface area contributed by atoms with Crippen LogP contribution in [-0.4, -0.2) is 39.0 Å². The van der Waals surface area contributed by atoms with Crippen LogP contribution in [-0.2, 0) is 11.3 Å². The maximum absolute atomic E-state index is 14.2. The molecule has 0 fully saturated rings. The number of aromatic hydroxyl groups is 1. The first-order chi connectivity index (χ1) is 20.4. The Labute approximate surface area is 246 Å². The minimum absolute atomic E-state index is 0.0250. The van der Waals surface area contributed by atoms with Gasteiger partial charge in [-0.2, -0.15) is 5.10 Å². The maximum atomic E-state index is 14.2. The zero-order valence-electron chi connectivity index (χ0n) is 22.2. The summed E-state index contributed by atoms with van der Waals surface area (Å²) >= 11 is 6.44. The number of nitrogen functional groups attached to an aromatic ring is 1. The molecule has 5 aromatic rings. The van der Waals surface area contributed by atoms with E-state index in [0.717, 1.165) is 16.7 Å². The number of benzene rings is 4. The van der Waals surface area contributed by atoms with E-state index in [0.29, 0.717) is 27.5 Å². The van der Waals surface area contributed by atoms with Gasteiger partial charge in [0.05, 0.1) is 29.8 Å². The third kappa shape index (κ3) is 5.33. The molecule has 9 nitrogen and oxygen atoms in total. The van der Waals surface area contributed by atoms with Crippen molar-refractivity contribution >= 4 is 40.5 Å². The van der Waals surface area contributed by atoms with Crippen molar-refractivity contribution in [2.24, 2.45) is 4.99 Å². The van der Waals surface area contributed by atoms with E-state index in [2.05, 4.69) is 15.5 Å². The molecular weight excluding hydrogens is 552 g/mol. The van der Waals surface area contributed by atoms with Gasteiger partial charge >= 0.3 is 0 Å². The molecule has 2 amide bonds. The first-order valence-electron chi connectivity index (χ1n) is 13.1. The average Bonchev–Trinajstić information content (AvgIpc) is 3.41. The minimum Gasteiger partial charge on any atom is -0.508 e. The molecule has 0 aliphatic carbocycles. The number of fused-ring (bicyclic) bond motifs is 1. The maximum Gasteiger partial charge on any atom is 0.273 e. The van der Waals surface area contributed by atoms with Crippen molar-refractivity contribution in [1.29, 1.82) is 0 Å². The molecule has 6 rings (SSSR count). The van der Waals surface area contributed by atoms with Crippen molar-refractivity contribution in [3.05, 3.63) is 131 Å². The Hall–Kier alpha value is -5.41. The monoisotopic (exact) mass is 576 g/mol. The van der Waals surface area contributed by atoms with Crippen molar-refractivity contribution in [2.45, 2.75) is 12.7 Å². The summed E-state index contributed by atoms with van der Waals surface area (Å²) in [7, 11) is 0. The molecule has 0 saturated carbocycles. The topological polar surface area (TPSA) is 137 Å². The summed E-state index contributed by atoms with van der Waals surface area (Å²) in [5, 5.41) is 19.4. The van der Waals surface area contributed by atoms with Crippen LogP contribution in [0, 0.1) is 0 Å². The zero-order valence-corrected chi connectivity index (χ0v) is 22.9. The van der Waals surface area contributed by atoms with Gasteiger partial charge in [0.15, 0.2) is 0 Å². The van der Waals surface area contributed by atoms with Gasteiger partial charge in [0.1, 0.15) is 11.4 Å². The van der Waals surface area contributed by atoms with Crippen molar-refractivity contribution in [1.82, 2.24) is 15.5 Å². The van der Waals surface area contributed by atoms with E-state index < -0.39 is 18.0 Å². The number of amides is 2. The summed E-state index contributed by atoms with van der Waals surface area (Å²) in [5.74, 6) is -1.00. The van der Waals surface area contributed by atoms with Crippen molar-refractivity contribution in [3.8, 4) is 16.9 Å². The van der Waals surface area contributed by atoms with E-state index in [9.17, 15) is 14.7 Å². The number of anilines is 2. The molecule has 4 aromatic carbocycles. The number of hydrogen-bond acceptors (Lipinski definition) is 6. The number of carbonyl (C=O) groups excluding carboxylic acids is 2. The number of nitrogens with one attached hydrogen (secondary N) is 2. The van der Waals surface area contributed by atoms with Gasteiger partial charge in [0.25, 0.3) is 11.8 Å².